The molecule has 1 atom stereocenters. The molecule has 172 valence electrons. The van der Waals surface area contributed by atoms with Gasteiger partial charge in [-0.25, -0.2) is 8.42 Å². The number of nitrogens with one attached hydrogen (secondary N) is 1. The average molecular weight is 498 g/mol. The number of sulfonamides is 1. The van der Waals surface area contributed by atoms with E-state index < -0.39 is 22.0 Å². The Morgan fingerprint density at radius 2 is 1.62 bits per heavy atom. The first-order chi connectivity index (χ1) is 15.1. The van der Waals surface area contributed by atoms with Gasteiger partial charge in [0.25, 0.3) is 5.91 Å². The molecule has 1 aliphatic heterocycles. The Balaban J connectivity index is 1.67. The molecule has 2 amide bonds. The van der Waals surface area contributed by atoms with Crippen molar-refractivity contribution >= 4 is 45.0 Å². The van der Waals surface area contributed by atoms with Gasteiger partial charge in [0, 0.05) is 31.2 Å². The molecule has 0 saturated carbocycles. The fourth-order valence-electron chi connectivity index (χ4n) is 3.50. The van der Waals surface area contributed by atoms with Gasteiger partial charge >= 0.3 is 0 Å². The number of hydrogen-bond donors (Lipinski definition) is 1. The zero-order valence-electron chi connectivity index (χ0n) is 17.8. The van der Waals surface area contributed by atoms with Gasteiger partial charge in [-0.3, -0.25) is 9.59 Å². The molecule has 1 aliphatic rings. The highest BCUT2D eigenvalue weighted by atomic mass is 35.5. The van der Waals surface area contributed by atoms with E-state index in [1.165, 1.54) is 16.4 Å². The molecule has 0 aliphatic carbocycles. The van der Waals surface area contributed by atoms with Crippen LogP contribution in [0, 0.1) is 5.92 Å². The molecule has 3 rings (SSSR count). The van der Waals surface area contributed by atoms with E-state index in [0.717, 1.165) is 0 Å². The average Bonchev–Trinajstić information content (AvgIpc) is 2.77. The summed E-state index contributed by atoms with van der Waals surface area (Å²) in [5.74, 6) is -0.841. The number of amides is 2. The van der Waals surface area contributed by atoms with Crippen LogP contribution in [0.1, 0.15) is 24.2 Å². The zero-order chi connectivity index (χ0) is 23.5. The third kappa shape index (κ3) is 5.43. The number of nitrogens with zero attached hydrogens (tertiary/aromatic N) is 2. The molecule has 0 aromatic heterocycles. The van der Waals surface area contributed by atoms with Crippen LogP contribution in [0.3, 0.4) is 0 Å². The van der Waals surface area contributed by atoms with Crippen molar-refractivity contribution < 1.29 is 18.0 Å². The number of benzene rings is 2. The van der Waals surface area contributed by atoms with Crippen molar-refractivity contribution in [3.8, 4) is 0 Å². The summed E-state index contributed by atoms with van der Waals surface area (Å²) in [6.07, 6.45) is 0. The van der Waals surface area contributed by atoms with Gasteiger partial charge in [-0.2, -0.15) is 4.31 Å². The maximum atomic E-state index is 13.2. The fraction of sp³-hybridized carbons (Fsp3) is 0.364. The van der Waals surface area contributed by atoms with Crippen LogP contribution >= 0.6 is 23.2 Å². The molecule has 10 heteroatoms. The van der Waals surface area contributed by atoms with Crippen molar-refractivity contribution in [1.29, 1.82) is 0 Å². The quantitative estimate of drug-likeness (QED) is 0.663. The van der Waals surface area contributed by atoms with E-state index in [2.05, 4.69) is 5.32 Å². The lowest BCUT2D eigenvalue weighted by atomic mass is 10.0. The van der Waals surface area contributed by atoms with Gasteiger partial charge in [-0.1, -0.05) is 55.2 Å². The standard InChI is InChI=1S/C22H25Cl2N3O4S/c1-15(2)20(25-21(28)18-8-3-4-9-19(18)24)22(29)26-10-12-27(13-11-26)32(30,31)17-7-5-6-16(23)14-17/h3-9,14-15,20H,10-13H2,1-2H3,(H,25,28)/t20-/m0/s1. The molecule has 1 saturated heterocycles. The second-order valence-electron chi connectivity index (χ2n) is 7.86. The van der Waals surface area contributed by atoms with Crippen LogP contribution in [0.2, 0.25) is 10.0 Å². The van der Waals surface area contributed by atoms with Crippen molar-refractivity contribution in [3.63, 3.8) is 0 Å². The molecule has 32 heavy (non-hydrogen) atoms. The SMILES string of the molecule is CC(C)[C@H](NC(=O)c1ccccc1Cl)C(=O)N1CCN(S(=O)(=O)c2cccc(Cl)c2)CC1. The topological polar surface area (TPSA) is 86.8 Å². The van der Waals surface area contributed by atoms with Gasteiger partial charge in [0.2, 0.25) is 15.9 Å². The highest BCUT2D eigenvalue weighted by Crippen LogP contribution is 2.22. The highest BCUT2D eigenvalue weighted by molar-refractivity contribution is 7.89. The molecule has 0 spiro atoms. The van der Waals surface area contributed by atoms with E-state index in [9.17, 15) is 18.0 Å². The van der Waals surface area contributed by atoms with Crippen molar-refractivity contribution in [3.05, 3.63) is 64.1 Å². The molecular weight excluding hydrogens is 473 g/mol. The molecule has 1 N–H and O–H groups in total. The highest BCUT2D eigenvalue weighted by Gasteiger charge is 2.34. The van der Waals surface area contributed by atoms with Gasteiger partial charge in [-0.15, -0.1) is 0 Å². The maximum Gasteiger partial charge on any atom is 0.253 e. The van der Waals surface area contributed by atoms with Crippen LogP contribution < -0.4 is 5.32 Å². The summed E-state index contributed by atoms with van der Waals surface area (Å²) in [5, 5.41) is 3.43. The first-order valence-corrected chi connectivity index (χ1v) is 12.4. The molecule has 2 aromatic rings. The molecule has 7 nitrogen and oxygen atoms in total. The smallest absolute Gasteiger partial charge is 0.253 e. The molecule has 0 bridgehead atoms. The second kappa shape index (κ2) is 10.2. The van der Waals surface area contributed by atoms with E-state index in [0.29, 0.717) is 15.6 Å². The van der Waals surface area contributed by atoms with E-state index in [-0.39, 0.29) is 42.9 Å². The first kappa shape index (κ1) is 24.5. The maximum absolute atomic E-state index is 13.2. The van der Waals surface area contributed by atoms with Crippen molar-refractivity contribution in [2.75, 3.05) is 26.2 Å². The van der Waals surface area contributed by atoms with Crippen molar-refractivity contribution in [2.45, 2.75) is 24.8 Å². The normalized spacial score (nSPS) is 16.1. The van der Waals surface area contributed by atoms with E-state index in [4.69, 9.17) is 23.2 Å². The minimum atomic E-state index is -3.70. The van der Waals surface area contributed by atoms with Crippen molar-refractivity contribution in [2.24, 2.45) is 5.92 Å². The predicted molar refractivity (Wildman–Crippen MR) is 124 cm³/mol. The number of carbonyl (C=O) groups excluding carboxylic acids is 2. The summed E-state index contributed by atoms with van der Waals surface area (Å²) < 4.78 is 27.1. The summed E-state index contributed by atoms with van der Waals surface area (Å²) in [6.45, 7) is 4.45. The van der Waals surface area contributed by atoms with Crippen LogP contribution in [-0.2, 0) is 14.8 Å². The van der Waals surface area contributed by atoms with Gasteiger partial charge < -0.3 is 10.2 Å². The molecule has 0 radical (unpaired) electrons. The zero-order valence-corrected chi connectivity index (χ0v) is 20.1. The van der Waals surface area contributed by atoms with E-state index >= 15 is 0 Å². The van der Waals surface area contributed by atoms with Crippen LogP contribution in [0.4, 0.5) is 0 Å². The number of halogens is 2. The first-order valence-electron chi connectivity index (χ1n) is 10.2. The van der Waals surface area contributed by atoms with E-state index in [1.807, 2.05) is 13.8 Å². The van der Waals surface area contributed by atoms with Crippen LogP contribution in [-0.4, -0.2) is 61.7 Å². The largest absolute Gasteiger partial charge is 0.340 e. The Morgan fingerprint density at radius 1 is 0.969 bits per heavy atom. The number of carbonyl (C=O) groups is 2. The Kier molecular flexibility index (Phi) is 7.82. The molecule has 1 heterocycles. The Hall–Kier alpha value is -2.13. The predicted octanol–water partition coefficient (Wildman–Crippen LogP) is 3.28. The van der Waals surface area contributed by atoms with Gasteiger partial charge in [0.15, 0.2) is 0 Å². The van der Waals surface area contributed by atoms with Crippen molar-refractivity contribution in [1.82, 2.24) is 14.5 Å². The monoisotopic (exact) mass is 497 g/mol. The molecule has 1 fully saturated rings. The minimum Gasteiger partial charge on any atom is -0.340 e. The fourth-order valence-corrected chi connectivity index (χ4v) is 5.45. The van der Waals surface area contributed by atoms with Crippen LogP contribution in [0.5, 0.6) is 0 Å². The van der Waals surface area contributed by atoms with Crippen LogP contribution in [0.15, 0.2) is 53.4 Å². The summed E-state index contributed by atoms with van der Waals surface area (Å²) in [6, 6.07) is 12.0. The van der Waals surface area contributed by atoms with Crippen LogP contribution in [0.25, 0.3) is 0 Å². The molecular formula is C22H25Cl2N3O4S. The third-order valence-electron chi connectivity index (χ3n) is 5.32. The summed E-state index contributed by atoms with van der Waals surface area (Å²) >= 11 is 12.0. The molecule has 0 unspecified atom stereocenters. The summed E-state index contributed by atoms with van der Waals surface area (Å²) in [5.41, 5.74) is 0.296. The molecule has 2 aromatic carbocycles. The third-order valence-corrected chi connectivity index (χ3v) is 7.78. The van der Waals surface area contributed by atoms with E-state index in [1.54, 1.807) is 41.3 Å². The lowest BCUT2D eigenvalue weighted by Gasteiger charge is -2.36. The summed E-state index contributed by atoms with van der Waals surface area (Å²) in [7, 11) is -3.70. The second-order valence-corrected chi connectivity index (χ2v) is 10.6. The van der Waals surface area contributed by atoms with Gasteiger partial charge in [0.1, 0.15) is 6.04 Å². The number of piperazine rings is 1. The lowest BCUT2D eigenvalue weighted by molar-refractivity contribution is -0.135. The minimum absolute atomic E-state index is 0.122. The van der Waals surface area contributed by atoms with Gasteiger partial charge in [-0.05, 0) is 36.2 Å². The van der Waals surface area contributed by atoms with Gasteiger partial charge in [0.05, 0.1) is 15.5 Å². The number of hydrogen-bond acceptors (Lipinski definition) is 4. The lowest BCUT2D eigenvalue weighted by Crippen LogP contribution is -2.57. The summed E-state index contributed by atoms with van der Waals surface area (Å²) in [4.78, 5) is 27.5. The Labute approximate surface area is 198 Å². The number of rotatable bonds is 6. The Morgan fingerprint density at radius 3 is 2.22 bits per heavy atom. The Bertz CT molecular complexity index is 1100.